The second-order valence-corrected chi connectivity index (χ2v) is 4.15. The second-order valence-electron chi connectivity index (χ2n) is 4.15. The van der Waals surface area contributed by atoms with E-state index in [0.717, 1.165) is 17.7 Å². The lowest BCUT2D eigenvalue weighted by Gasteiger charge is -2.09. The molecule has 4 nitrogen and oxygen atoms in total. The summed E-state index contributed by atoms with van der Waals surface area (Å²) < 4.78 is 20.4. The summed E-state index contributed by atoms with van der Waals surface area (Å²) in [7, 11) is 1.75. The minimum absolute atomic E-state index is 0.341. The van der Waals surface area contributed by atoms with Crippen molar-refractivity contribution >= 4 is 5.69 Å². The molecule has 1 aromatic heterocycles. The van der Waals surface area contributed by atoms with Gasteiger partial charge in [-0.15, -0.1) is 0 Å². The molecule has 1 aromatic carbocycles. The van der Waals surface area contributed by atoms with Crippen LogP contribution in [-0.4, -0.2) is 9.78 Å². The predicted molar refractivity (Wildman–Crippen MR) is 68.2 cm³/mol. The van der Waals surface area contributed by atoms with Crippen molar-refractivity contribution in [2.75, 3.05) is 5.73 Å². The monoisotopic (exact) mass is 249 g/mol. The molecule has 2 N–H and O–H groups in total. The first-order valence-electron chi connectivity index (χ1n) is 5.78. The summed E-state index contributed by atoms with van der Waals surface area (Å²) in [4.78, 5) is 0. The van der Waals surface area contributed by atoms with Crippen LogP contribution in [0.4, 0.5) is 10.1 Å². The van der Waals surface area contributed by atoms with Crippen LogP contribution in [0.2, 0.25) is 0 Å². The topological polar surface area (TPSA) is 53.1 Å². The molecule has 18 heavy (non-hydrogen) atoms. The number of aryl methyl sites for hydroxylation is 3. The van der Waals surface area contributed by atoms with Gasteiger partial charge >= 0.3 is 0 Å². The Morgan fingerprint density at radius 1 is 1.44 bits per heavy atom. The maximum atomic E-state index is 13.2. The van der Waals surface area contributed by atoms with E-state index in [1.165, 1.54) is 12.1 Å². The molecule has 0 atom stereocenters. The van der Waals surface area contributed by atoms with Crippen LogP contribution in [-0.2, 0) is 13.5 Å². The Bertz CT molecular complexity index is 578. The summed E-state index contributed by atoms with van der Waals surface area (Å²) in [5.74, 6) is 0.556. The van der Waals surface area contributed by atoms with Gasteiger partial charge in [0.15, 0.2) is 0 Å². The fourth-order valence-electron chi connectivity index (χ4n) is 1.75. The third-order valence-corrected chi connectivity index (χ3v) is 2.80. The minimum atomic E-state index is -0.341. The van der Waals surface area contributed by atoms with E-state index in [9.17, 15) is 4.39 Å². The number of anilines is 1. The normalized spacial score (nSPS) is 10.7. The van der Waals surface area contributed by atoms with Crippen LogP contribution in [0.3, 0.4) is 0 Å². The van der Waals surface area contributed by atoms with E-state index < -0.39 is 0 Å². The Balaban J connectivity index is 2.39. The highest BCUT2D eigenvalue weighted by molar-refractivity contribution is 5.55. The first kappa shape index (κ1) is 12.4. The Kier molecular flexibility index (Phi) is 3.23. The number of hydrogen-bond donors (Lipinski definition) is 1. The molecule has 0 bridgehead atoms. The van der Waals surface area contributed by atoms with Crippen molar-refractivity contribution in [1.29, 1.82) is 0 Å². The number of nitrogens with zero attached hydrogens (tertiary/aromatic N) is 2. The average Bonchev–Trinajstić information content (AvgIpc) is 2.61. The number of benzene rings is 1. The summed E-state index contributed by atoms with van der Waals surface area (Å²) in [6.07, 6.45) is 0.727. The second kappa shape index (κ2) is 4.68. The van der Waals surface area contributed by atoms with E-state index in [-0.39, 0.29) is 5.82 Å². The molecule has 0 amide bonds. The molecular formula is C13H16FN3O. The van der Waals surface area contributed by atoms with Gasteiger partial charge in [0.05, 0.1) is 5.69 Å². The van der Waals surface area contributed by atoms with Crippen molar-refractivity contribution in [1.82, 2.24) is 9.78 Å². The zero-order chi connectivity index (χ0) is 13.3. The third-order valence-electron chi connectivity index (χ3n) is 2.80. The minimum Gasteiger partial charge on any atom is -0.437 e. The number of hydrogen-bond acceptors (Lipinski definition) is 3. The molecule has 1 heterocycles. The first-order chi connectivity index (χ1) is 8.52. The molecule has 0 saturated carbocycles. The summed E-state index contributed by atoms with van der Waals surface area (Å²) >= 11 is 0. The number of rotatable bonds is 3. The molecular weight excluding hydrogens is 233 g/mol. The molecule has 0 aliphatic carbocycles. The summed E-state index contributed by atoms with van der Waals surface area (Å²) in [5.41, 5.74) is 8.07. The quantitative estimate of drug-likeness (QED) is 0.910. The molecule has 0 aliphatic heterocycles. The highest BCUT2D eigenvalue weighted by atomic mass is 19.1. The molecule has 0 radical (unpaired) electrons. The summed E-state index contributed by atoms with van der Waals surface area (Å²) in [5, 5.41) is 4.25. The zero-order valence-electron chi connectivity index (χ0n) is 10.7. The van der Waals surface area contributed by atoms with Crippen LogP contribution in [0, 0.1) is 12.7 Å². The van der Waals surface area contributed by atoms with Crippen LogP contribution in [0.5, 0.6) is 11.6 Å². The fourth-order valence-corrected chi connectivity index (χ4v) is 1.75. The van der Waals surface area contributed by atoms with E-state index in [0.29, 0.717) is 17.3 Å². The Morgan fingerprint density at radius 2 is 2.17 bits per heavy atom. The van der Waals surface area contributed by atoms with E-state index in [2.05, 4.69) is 5.10 Å². The van der Waals surface area contributed by atoms with Crippen LogP contribution in [0.25, 0.3) is 0 Å². The molecule has 0 saturated heterocycles. The molecule has 5 heteroatoms. The van der Waals surface area contributed by atoms with Gasteiger partial charge in [0.2, 0.25) is 5.88 Å². The van der Waals surface area contributed by atoms with Gasteiger partial charge in [-0.3, -0.25) is 0 Å². The lowest BCUT2D eigenvalue weighted by Crippen LogP contribution is -1.98. The lowest BCUT2D eigenvalue weighted by molar-refractivity contribution is 0.426. The molecule has 2 rings (SSSR count). The molecule has 2 aromatic rings. The summed E-state index contributed by atoms with van der Waals surface area (Å²) in [6, 6.07) is 4.40. The number of nitrogens with two attached hydrogens (primary N) is 1. The van der Waals surface area contributed by atoms with Gasteiger partial charge in [0, 0.05) is 13.1 Å². The van der Waals surface area contributed by atoms with Gasteiger partial charge in [-0.25, -0.2) is 9.07 Å². The van der Waals surface area contributed by atoms with Crippen molar-refractivity contribution in [3.8, 4) is 11.6 Å². The van der Waals surface area contributed by atoms with Gasteiger partial charge in [0.25, 0.3) is 0 Å². The highest BCUT2D eigenvalue weighted by Gasteiger charge is 2.15. The van der Waals surface area contributed by atoms with Crippen molar-refractivity contribution in [3.63, 3.8) is 0 Å². The van der Waals surface area contributed by atoms with Crippen molar-refractivity contribution in [2.24, 2.45) is 7.05 Å². The van der Waals surface area contributed by atoms with Crippen LogP contribution in [0.1, 0.15) is 18.2 Å². The Labute approximate surface area is 105 Å². The Hall–Kier alpha value is -2.04. The fraction of sp³-hybridized carbons (Fsp3) is 0.308. The molecule has 0 unspecified atom stereocenters. The average molecular weight is 249 g/mol. The van der Waals surface area contributed by atoms with Crippen molar-refractivity contribution < 1.29 is 9.13 Å². The largest absolute Gasteiger partial charge is 0.437 e. The van der Waals surface area contributed by atoms with Gasteiger partial charge < -0.3 is 10.5 Å². The van der Waals surface area contributed by atoms with E-state index >= 15 is 0 Å². The molecule has 0 aliphatic rings. The maximum Gasteiger partial charge on any atom is 0.241 e. The van der Waals surface area contributed by atoms with Gasteiger partial charge in [0.1, 0.15) is 17.3 Å². The van der Waals surface area contributed by atoms with E-state index in [1.54, 1.807) is 17.8 Å². The van der Waals surface area contributed by atoms with Crippen LogP contribution in [0.15, 0.2) is 18.2 Å². The van der Waals surface area contributed by atoms with Crippen molar-refractivity contribution in [2.45, 2.75) is 20.3 Å². The van der Waals surface area contributed by atoms with Gasteiger partial charge in [-0.1, -0.05) is 13.0 Å². The standard InChI is InChI=1S/C13H16FN3O/c1-4-10-12(15)13(17(3)16-10)18-11-7-9(14)6-5-8(11)2/h5-7H,4,15H2,1-3H3. The van der Waals surface area contributed by atoms with Gasteiger partial charge in [-0.2, -0.15) is 5.10 Å². The molecule has 0 spiro atoms. The number of nitrogen functional groups attached to an aromatic ring is 1. The zero-order valence-corrected chi connectivity index (χ0v) is 10.7. The number of ether oxygens (including phenoxy) is 1. The third kappa shape index (κ3) is 2.16. The SMILES string of the molecule is CCc1nn(C)c(Oc2cc(F)ccc2C)c1N. The summed E-state index contributed by atoms with van der Waals surface area (Å²) in [6.45, 7) is 3.82. The van der Waals surface area contributed by atoms with Crippen LogP contribution < -0.4 is 10.5 Å². The Morgan fingerprint density at radius 3 is 2.78 bits per heavy atom. The van der Waals surface area contributed by atoms with E-state index in [1.807, 2.05) is 13.8 Å². The van der Waals surface area contributed by atoms with Crippen molar-refractivity contribution in [3.05, 3.63) is 35.3 Å². The number of halogens is 1. The van der Waals surface area contributed by atoms with E-state index in [4.69, 9.17) is 10.5 Å². The van der Waals surface area contributed by atoms with Gasteiger partial charge in [-0.05, 0) is 25.0 Å². The predicted octanol–water partition coefficient (Wildman–Crippen LogP) is 2.80. The smallest absolute Gasteiger partial charge is 0.241 e. The lowest BCUT2D eigenvalue weighted by atomic mass is 10.2. The molecule has 96 valence electrons. The number of aromatic nitrogens is 2. The molecule has 0 fully saturated rings. The first-order valence-corrected chi connectivity index (χ1v) is 5.78. The highest BCUT2D eigenvalue weighted by Crippen LogP contribution is 2.31. The maximum absolute atomic E-state index is 13.2. The van der Waals surface area contributed by atoms with Crippen LogP contribution >= 0.6 is 0 Å².